The van der Waals surface area contributed by atoms with Gasteiger partial charge in [0.25, 0.3) is 5.56 Å². The lowest BCUT2D eigenvalue weighted by molar-refractivity contribution is 0.394. The molecule has 0 aliphatic rings. The van der Waals surface area contributed by atoms with Gasteiger partial charge in [0.15, 0.2) is 0 Å². The van der Waals surface area contributed by atoms with Crippen LogP contribution in [0.4, 0.5) is 11.4 Å². The van der Waals surface area contributed by atoms with Gasteiger partial charge in [-0.15, -0.1) is 0 Å². The third-order valence-corrected chi connectivity index (χ3v) is 6.06. The third kappa shape index (κ3) is 5.00. The molecule has 3 heterocycles. The zero-order valence-electron chi connectivity index (χ0n) is 21.1. The average Bonchev–Trinajstić information content (AvgIpc) is 3.19. The number of nitrogens with one attached hydrogen (secondary N) is 1. The summed E-state index contributed by atoms with van der Waals surface area (Å²) in [7, 11) is 5.12. The largest absolute Gasteiger partial charge is 0.497 e. The average molecular weight is 477 g/mol. The SMILES string of the molecule is COc1cc(OC)cc(N(CCNC(C)C)c2ccc3ncc(-c4cnn(C)c4C)c(=O)n3c2)c1. The summed E-state index contributed by atoms with van der Waals surface area (Å²) in [5, 5.41) is 7.75. The summed E-state index contributed by atoms with van der Waals surface area (Å²) in [6, 6.07) is 9.93. The first-order valence-electron chi connectivity index (χ1n) is 11.6. The minimum atomic E-state index is -0.142. The number of aryl methyl sites for hydroxylation is 1. The van der Waals surface area contributed by atoms with Crippen molar-refractivity contribution in [3.63, 3.8) is 0 Å². The topological polar surface area (TPSA) is 85.9 Å². The van der Waals surface area contributed by atoms with Crippen LogP contribution in [0.1, 0.15) is 19.5 Å². The van der Waals surface area contributed by atoms with Gasteiger partial charge >= 0.3 is 0 Å². The van der Waals surface area contributed by atoms with Crippen molar-refractivity contribution in [2.45, 2.75) is 26.8 Å². The summed E-state index contributed by atoms with van der Waals surface area (Å²) >= 11 is 0. The van der Waals surface area contributed by atoms with Gasteiger partial charge in [0.05, 0.1) is 31.7 Å². The highest BCUT2D eigenvalue weighted by Gasteiger charge is 2.16. The van der Waals surface area contributed by atoms with Crippen LogP contribution >= 0.6 is 0 Å². The predicted octanol–water partition coefficient (Wildman–Crippen LogP) is 3.56. The molecule has 0 spiro atoms. The smallest absolute Gasteiger partial charge is 0.265 e. The van der Waals surface area contributed by atoms with E-state index in [0.717, 1.165) is 29.2 Å². The highest BCUT2D eigenvalue weighted by atomic mass is 16.5. The number of rotatable bonds is 9. The van der Waals surface area contributed by atoms with Crippen molar-refractivity contribution in [3.8, 4) is 22.6 Å². The quantitative estimate of drug-likeness (QED) is 0.395. The van der Waals surface area contributed by atoms with E-state index >= 15 is 0 Å². The van der Waals surface area contributed by atoms with Crippen LogP contribution in [-0.2, 0) is 7.05 Å². The first-order valence-corrected chi connectivity index (χ1v) is 11.6. The molecule has 0 unspecified atom stereocenters. The lowest BCUT2D eigenvalue weighted by Gasteiger charge is -2.27. The van der Waals surface area contributed by atoms with E-state index in [0.29, 0.717) is 35.3 Å². The molecule has 0 saturated heterocycles. The number of methoxy groups -OCH3 is 2. The first kappa shape index (κ1) is 24.3. The highest BCUT2D eigenvalue weighted by Crippen LogP contribution is 2.33. The van der Waals surface area contributed by atoms with Gasteiger partial charge in [-0.05, 0) is 19.1 Å². The number of hydrogen-bond acceptors (Lipinski definition) is 7. The fourth-order valence-electron chi connectivity index (χ4n) is 3.99. The molecule has 35 heavy (non-hydrogen) atoms. The molecule has 1 aromatic carbocycles. The van der Waals surface area contributed by atoms with Crippen LogP contribution in [0.2, 0.25) is 0 Å². The normalized spacial score (nSPS) is 11.3. The van der Waals surface area contributed by atoms with E-state index in [1.54, 1.807) is 35.7 Å². The molecule has 0 amide bonds. The Hall–Kier alpha value is -3.85. The minimum absolute atomic E-state index is 0.142. The van der Waals surface area contributed by atoms with Gasteiger partial charge in [0.1, 0.15) is 17.1 Å². The van der Waals surface area contributed by atoms with Crippen molar-refractivity contribution in [3.05, 3.63) is 65.0 Å². The Labute approximate surface area is 204 Å². The summed E-state index contributed by atoms with van der Waals surface area (Å²) < 4.78 is 14.3. The third-order valence-electron chi connectivity index (χ3n) is 6.06. The number of benzene rings is 1. The van der Waals surface area contributed by atoms with Crippen LogP contribution < -0.4 is 25.2 Å². The zero-order valence-corrected chi connectivity index (χ0v) is 21.1. The second-order valence-corrected chi connectivity index (χ2v) is 8.69. The van der Waals surface area contributed by atoms with E-state index in [4.69, 9.17) is 9.47 Å². The van der Waals surface area contributed by atoms with Crippen LogP contribution in [0.15, 0.2) is 53.7 Å². The van der Waals surface area contributed by atoms with Crippen molar-refractivity contribution in [1.82, 2.24) is 24.5 Å². The first-order chi connectivity index (χ1) is 16.8. The van der Waals surface area contributed by atoms with E-state index in [2.05, 4.69) is 34.1 Å². The Morgan fingerprint density at radius 2 is 1.74 bits per heavy atom. The standard InChI is InChI=1S/C26H32N6O3/c1-17(2)27-9-10-31(20-11-21(34-5)13-22(12-20)35-6)19-7-8-25-28-14-24(26(33)32(25)16-19)23-15-29-30(4)18(23)3/h7-8,11-17,27H,9-10H2,1-6H3. The number of fused-ring (bicyclic) bond motifs is 1. The molecular formula is C26H32N6O3. The van der Waals surface area contributed by atoms with Crippen molar-refractivity contribution < 1.29 is 9.47 Å². The zero-order chi connectivity index (χ0) is 25.1. The highest BCUT2D eigenvalue weighted by molar-refractivity contribution is 5.69. The maximum atomic E-state index is 13.5. The molecule has 0 radical (unpaired) electrons. The summed E-state index contributed by atoms with van der Waals surface area (Å²) in [5.74, 6) is 1.38. The van der Waals surface area contributed by atoms with Crippen molar-refractivity contribution in [2.24, 2.45) is 7.05 Å². The van der Waals surface area contributed by atoms with Gasteiger partial charge in [0.2, 0.25) is 0 Å². The number of nitrogens with zero attached hydrogens (tertiary/aromatic N) is 5. The monoisotopic (exact) mass is 476 g/mol. The van der Waals surface area contributed by atoms with Crippen molar-refractivity contribution in [1.29, 1.82) is 0 Å². The maximum absolute atomic E-state index is 13.5. The van der Waals surface area contributed by atoms with E-state index in [1.807, 2.05) is 50.5 Å². The van der Waals surface area contributed by atoms with Gasteiger partial charge in [-0.25, -0.2) is 4.98 Å². The van der Waals surface area contributed by atoms with Crippen LogP contribution in [-0.4, -0.2) is 52.5 Å². The van der Waals surface area contributed by atoms with Crippen molar-refractivity contribution >= 4 is 17.0 Å². The lowest BCUT2D eigenvalue weighted by atomic mass is 10.1. The van der Waals surface area contributed by atoms with Gasteiger partial charge in [-0.3, -0.25) is 13.9 Å². The number of aromatic nitrogens is 4. The second kappa shape index (κ2) is 10.2. The van der Waals surface area contributed by atoms with Gasteiger partial charge in [-0.1, -0.05) is 13.8 Å². The molecule has 0 aliphatic heterocycles. The molecule has 0 aliphatic carbocycles. The van der Waals surface area contributed by atoms with E-state index in [9.17, 15) is 4.79 Å². The summed E-state index contributed by atoms with van der Waals surface area (Å²) in [5.41, 5.74) is 4.38. The lowest BCUT2D eigenvalue weighted by Crippen LogP contribution is -2.33. The predicted molar refractivity (Wildman–Crippen MR) is 138 cm³/mol. The molecule has 1 N–H and O–H groups in total. The summed E-state index contributed by atoms with van der Waals surface area (Å²) in [6.07, 6.45) is 5.16. The summed E-state index contributed by atoms with van der Waals surface area (Å²) in [4.78, 5) is 20.2. The Morgan fingerprint density at radius 3 is 2.34 bits per heavy atom. The Balaban J connectivity index is 1.83. The molecule has 0 atom stereocenters. The molecule has 0 fully saturated rings. The van der Waals surface area contributed by atoms with Crippen LogP contribution in [0, 0.1) is 6.92 Å². The number of anilines is 2. The van der Waals surface area contributed by atoms with Crippen LogP contribution in [0.25, 0.3) is 16.8 Å². The molecule has 0 saturated carbocycles. The van der Waals surface area contributed by atoms with E-state index in [-0.39, 0.29) is 5.56 Å². The Kier molecular flexibility index (Phi) is 7.07. The minimum Gasteiger partial charge on any atom is -0.497 e. The number of ether oxygens (including phenoxy) is 2. The molecule has 4 aromatic rings. The van der Waals surface area contributed by atoms with Gasteiger partial charge in [-0.2, -0.15) is 5.10 Å². The van der Waals surface area contributed by atoms with Crippen molar-refractivity contribution in [2.75, 3.05) is 32.2 Å². The Morgan fingerprint density at radius 1 is 1.03 bits per heavy atom. The summed E-state index contributed by atoms with van der Waals surface area (Å²) in [6.45, 7) is 7.58. The van der Waals surface area contributed by atoms with E-state index in [1.165, 1.54) is 0 Å². The Bertz CT molecular complexity index is 1370. The molecule has 3 aromatic heterocycles. The molecule has 9 heteroatoms. The number of hydrogen-bond donors (Lipinski definition) is 1. The van der Waals surface area contributed by atoms with Crippen LogP contribution in [0.3, 0.4) is 0 Å². The van der Waals surface area contributed by atoms with Gasteiger partial charge in [0, 0.05) is 73.7 Å². The fraction of sp³-hybridized carbons (Fsp3) is 0.346. The van der Waals surface area contributed by atoms with Gasteiger partial charge < -0.3 is 19.7 Å². The molecule has 4 rings (SSSR count). The molecule has 0 bridgehead atoms. The van der Waals surface area contributed by atoms with E-state index < -0.39 is 0 Å². The molecule has 9 nitrogen and oxygen atoms in total. The van der Waals surface area contributed by atoms with Crippen LogP contribution in [0.5, 0.6) is 11.5 Å². The molecular weight excluding hydrogens is 444 g/mol. The second-order valence-electron chi connectivity index (χ2n) is 8.69. The maximum Gasteiger partial charge on any atom is 0.265 e. The number of pyridine rings is 1. The fourth-order valence-corrected chi connectivity index (χ4v) is 3.99. The molecule has 184 valence electrons.